The molecule has 0 N–H and O–H groups in total. The summed E-state index contributed by atoms with van der Waals surface area (Å²) in [6.45, 7) is 0. The summed E-state index contributed by atoms with van der Waals surface area (Å²) in [5.41, 5.74) is 2.59. The van der Waals surface area contributed by atoms with Gasteiger partial charge < -0.3 is 24.8 Å². The Balaban J connectivity index is 0.000000266. The normalized spacial score (nSPS) is 9.33. The third kappa shape index (κ3) is 5.66. The zero-order chi connectivity index (χ0) is 16.2. The molecule has 0 spiro atoms. The Hall–Kier alpha value is -1.66. The predicted molar refractivity (Wildman–Crippen MR) is 105 cm³/mol. The zero-order valence-electron chi connectivity index (χ0n) is 14.6. The van der Waals surface area contributed by atoms with Crippen LogP contribution in [-0.2, 0) is 26.2 Å². The smallest absolute Gasteiger partial charge is 1.00 e. The maximum Gasteiger partial charge on any atom is 4.00 e. The molecule has 27 heavy (non-hydrogen) atoms. The van der Waals surface area contributed by atoms with Crippen LogP contribution in [0, 0.1) is 0 Å². The minimum atomic E-state index is 0. The molecule has 3 heteroatoms. The van der Waals surface area contributed by atoms with Crippen LogP contribution in [0.5, 0.6) is 0 Å². The molecule has 0 fully saturated rings. The van der Waals surface area contributed by atoms with Crippen LogP contribution in [0.25, 0.3) is 32.7 Å². The van der Waals surface area contributed by atoms with Crippen LogP contribution in [0.4, 0.5) is 0 Å². The topological polar surface area (TPSA) is 0 Å². The van der Waals surface area contributed by atoms with Crippen LogP contribution in [-0.4, -0.2) is 0 Å². The quantitative estimate of drug-likeness (QED) is 0.319. The van der Waals surface area contributed by atoms with Gasteiger partial charge in [0.25, 0.3) is 0 Å². The Kier molecular flexibility index (Phi) is 9.74. The number of rotatable bonds is 1. The summed E-state index contributed by atoms with van der Waals surface area (Å²) in [5.74, 6) is 0. The van der Waals surface area contributed by atoms with Gasteiger partial charge in [0.2, 0.25) is 0 Å². The summed E-state index contributed by atoms with van der Waals surface area (Å²) in [7, 11) is 0. The molecule has 0 saturated heterocycles. The summed E-state index contributed by atoms with van der Waals surface area (Å²) in [5, 5.41) is 5.29. The largest absolute Gasteiger partial charge is 4.00 e. The van der Waals surface area contributed by atoms with Crippen LogP contribution < -0.4 is 24.8 Å². The Morgan fingerprint density at radius 3 is 1.81 bits per heavy atom. The van der Waals surface area contributed by atoms with Crippen molar-refractivity contribution in [2.24, 2.45) is 0 Å². The van der Waals surface area contributed by atoms with E-state index in [1.54, 1.807) is 0 Å². The Morgan fingerprint density at radius 2 is 1.15 bits per heavy atom. The fourth-order valence-corrected chi connectivity index (χ4v) is 3.02. The molecular weight excluding hydrogens is 450 g/mol. The van der Waals surface area contributed by atoms with Crippen molar-refractivity contribution in [1.29, 1.82) is 0 Å². The molecule has 0 atom stereocenters. The van der Waals surface area contributed by atoms with Crippen molar-refractivity contribution in [3.05, 3.63) is 109 Å². The summed E-state index contributed by atoms with van der Waals surface area (Å²) in [4.78, 5) is 0. The minimum absolute atomic E-state index is 0. The number of benzene rings is 3. The van der Waals surface area contributed by atoms with Crippen LogP contribution in [0.15, 0.2) is 109 Å². The molecule has 0 aliphatic rings. The SMILES string of the molecule is [Cl-].[Cl-].[Zr+4].c1ccc(-c2cc3ccccc3[cH-]2)cc1.c1ccc2[cH-]ccc2c1. The monoisotopic (exact) mass is 466 g/mol. The van der Waals surface area contributed by atoms with Crippen molar-refractivity contribution in [1.82, 2.24) is 0 Å². The van der Waals surface area contributed by atoms with Crippen molar-refractivity contribution in [3.63, 3.8) is 0 Å². The Labute approximate surface area is 191 Å². The van der Waals surface area contributed by atoms with Crippen molar-refractivity contribution >= 4 is 21.5 Å². The van der Waals surface area contributed by atoms with Gasteiger partial charge in [-0.2, -0.15) is 17.5 Å². The second kappa shape index (κ2) is 11.2. The van der Waals surface area contributed by atoms with E-state index in [0.29, 0.717) is 0 Å². The molecule has 5 rings (SSSR count). The van der Waals surface area contributed by atoms with Gasteiger partial charge in [0.05, 0.1) is 0 Å². The predicted octanol–water partition coefficient (Wildman–Crippen LogP) is 0.790. The first-order valence-electron chi connectivity index (χ1n) is 8.21. The van der Waals surface area contributed by atoms with Crippen LogP contribution in [0.2, 0.25) is 0 Å². The molecule has 0 amide bonds. The summed E-state index contributed by atoms with van der Waals surface area (Å²) in [6, 6.07) is 38.1. The van der Waals surface area contributed by atoms with Gasteiger partial charge in [-0.15, -0.1) is 64.2 Å². The maximum absolute atomic E-state index is 2.24. The number of halogens is 2. The molecule has 0 aliphatic carbocycles. The maximum atomic E-state index is 2.24. The van der Waals surface area contributed by atoms with E-state index in [0.717, 1.165) is 0 Å². The van der Waals surface area contributed by atoms with Gasteiger partial charge in [0, 0.05) is 0 Å². The molecule has 0 unspecified atom stereocenters. The standard InChI is InChI=1S/C15H11.C9H7.2ClH.Zr/c1-2-6-12(7-3-1)15-10-13-8-4-5-9-14(13)11-15;1-2-5-9-7-3-6-8(9)4-1;;;/h1-11H;1-7H;2*1H;/q2*-1;;;+4/p-2. The summed E-state index contributed by atoms with van der Waals surface area (Å²) < 4.78 is 0. The van der Waals surface area contributed by atoms with Gasteiger partial charge in [0.1, 0.15) is 0 Å². The average molecular weight is 469 g/mol. The van der Waals surface area contributed by atoms with E-state index in [-0.39, 0.29) is 51.0 Å². The molecule has 0 saturated carbocycles. The number of hydrogen-bond donors (Lipinski definition) is 0. The first-order chi connectivity index (χ1) is 11.9. The van der Waals surface area contributed by atoms with E-state index >= 15 is 0 Å². The van der Waals surface area contributed by atoms with E-state index in [4.69, 9.17) is 0 Å². The number of hydrogen-bond acceptors (Lipinski definition) is 0. The molecule has 0 heterocycles. The fraction of sp³-hybridized carbons (Fsp3) is 0. The van der Waals surface area contributed by atoms with Crippen LogP contribution in [0.1, 0.15) is 0 Å². The van der Waals surface area contributed by atoms with Crippen molar-refractivity contribution in [2.45, 2.75) is 0 Å². The van der Waals surface area contributed by atoms with Gasteiger partial charge in [0.15, 0.2) is 0 Å². The van der Waals surface area contributed by atoms with Crippen LogP contribution in [0.3, 0.4) is 0 Å². The Morgan fingerprint density at radius 1 is 0.556 bits per heavy atom. The summed E-state index contributed by atoms with van der Waals surface area (Å²) in [6.07, 6.45) is 0. The molecule has 5 aromatic rings. The molecule has 0 aliphatic heterocycles. The number of fused-ring (bicyclic) bond motifs is 2. The van der Waals surface area contributed by atoms with Gasteiger partial charge in [-0.1, -0.05) is 60.2 Å². The second-order valence-corrected chi connectivity index (χ2v) is 5.89. The third-order valence-electron chi connectivity index (χ3n) is 4.27. The van der Waals surface area contributed by atoms with E-state index in [1.165, 1.54) is 32.7 Å². The average Bonchev–Trinajstić information content (AvgIpc) is 3.29. The Bertz CT molecular complexity index is 998. The van der Waals surface area contributed by atoms with E-state index in [1.807, 2.05) is 6.07 Å². The van der Waals surface area contributed by atoms with Crippen LogP contribution >= 0.6 is 0 Å². The molecule has 0 bridgehead atoms. The fourth-order valence-electron chi connectivity index (χ4n) is 3.02. The van der Waals surface area contributed by atoms with Gasteiger partial charge in [-0.05, 0) is 0 Å². The second-order valence-electron chi connectivity index (χ2n) is 5.89. The minimum Gasteiger partial charge on any atom is -1.00 e. The van der Waals surface area contributed by atoms with Crippen molar-refractivity contribution in [3.8, 4) is 11.1 Å². The summed E-state index contributed by atoms with van der Waals surface area (Å²) >= 11 is 0. The first-order valence-corrected chi connectivity index (χ1v) is 8.21. The van der Waals surface area contributed by atoms with E-state index < -0.39 is 0 Å². The molecule has 132 valence electrons. The van der Waals surface area contributed by atoms with Gasteiger partial charge in [-0.3, -0.25) is 0 Å². The molecule has 5 aromatic carbocycles. The van der Waals surface area contributed by atoms with E-state index in [2.05, 4.69) is 103 Å². The van der Waals surface area contributed by atoms with Gasteiger partial charge in [-0.25, -0.2) is 0 Å². The molecule has 0 nitrogen and oxygen atoms in total. The molecule has 0 radical (unpaired) electrons. The molecule has 0 aromatic heterocycles. The third-order valence-corrected chi connectivity index (χ3v) is 4.27. The first kappa shape index (κ1) is 23.4. The molecular formula is C24H18Cl2Zr. The zero-order valence-corrected chi connectivity index (χ0v) is 18.6. The van der Waals surface area contributed by atoms with Gasteiger partial charge >= 0.3 is 26.2 Å². The van der Waals surface area contributed by atoms with E-state index in [9.17, 15) is 0 Å². The van der Waals surface area contributed by atoms with Crippen molar-refractivity contribution < 1.29 is 51.0 Å². The van der Waals surface area contributed by atoms with Crippen molar-refractivity contribution in [2.75, 3.05) is 0 Å².